The summed E-state index contributed by atoms with van der Waals surface area (Å²) in [7, 11) is 0. The highest BCUT2D eigenvalue weighted by Gasteiger charge is 2.30. The van der Waals surface area contributed by atoms with Crippen LogP contribution in [0.25, 0.3) is 0 Å². The van der Waals surface area contributed by atoms with E-state index in [0.29, 0.717) is 0 Å². The summed E-state index contributed by atoms with van der Waals surface area (Å²) in [5, 5.41) is 3.46. The van der Waals surface area contributed by atoms with Gasteiger partial charge in [0.1, 0.15) is 11.4 Å². The van der Waals surface area contributed by atoms with Crippen molar-refractivity contribution in [2.75, 3.05) is 13.1 Å². The molecule has 5 nitrogen and oxygen atoms in total. The molecule has 1 aromatic rings. The fraction of sp³-hybridized carbons (Fsp3) is 0.706. The van der Waals surface area contributed by atoms with Crippen LogP contribution in [0.5, 0.6) is 0 Å². The number of nitrogens with one attached hydrogen (secondary N) is 1. The highest BCUT2D eigenvalue weighted by Crippen LogP contribution is 2.21. The van der Waals surface area contributed by atoms with Gasteiger partial charge in [0.15, 0.2) is 0 Å². The Morgan fingerprint density at radius 1 is 1.50 bits per heavy atom. The summed E-state index contributed by atoms with van der Waals surface area (Å²) in [5.74, 6) is 0.916. The van der Waals surface area contributed by atoms with Gasteiger partial charge in [0.25, 0.3) is 0 Å². The van der Waals surface area contributed by atoms with Crippen LogP contribution in [-0.4, -0.2) is 35.7 Å². The molecule has 0 bridgehead atoms. The molecule has 22 heavy (non-hydrogen) atoms. The van der Waals surface area contributed by atoms with Crippen molar-refractivity contribution in [2.24, 2.45) is 0 Å². The van der Waals surface area contributed by atoms with E-state index in [4.69, 9.17) is 9.15 Å². The number of likely N-dealkylation sites (tertiary alicyclic amines) is 1. The second-order valence-corrected chi connectivity index (χ2v) is 6.97. The van der Waals surface area contributed by atoms with Crippen molar-refractivity contribution >= 4 is 6.09 Å². The van der Waals surface area contributed by atoms with E-state index in [-0.39, 0.29) is 18.2 Å². The zero-order chi connectivity index (χ0) is 16.2. The molecule has 5 heteroatoms. The lowest BCUT2D eigenvalue weighted by atomic mass is 10.0. The van der Waals surface area contributed by atoms with Gasteiger partial charge in [-0.1, -0.05) is 0 Å². The maximum atomic E-state index is 12.4. The third kappa shape index (κ3) is 4.77. The number of furan rings is 1. The smallest absolute Gasteiger partial charge is 0.410 e. The number of hydrogen-bond donors (Lipinski definition) is 1. The Balaban J connectivity index is 1.90. The average Bonchev–Trinajstić information content (AvgIpc) is 2.97. The second-order valence-electron chi connectivity index (χ2n) is 6.97. The van der Waals surface area contributed by atoms with Crippen molar-refractivity contribution in [1.82, 2.24) is 10.2 Å². The number of carbonyl (C=O) groups excluding carboxylic acids is 1. The fourth-order valence-electron chi connectivity index (χ4n) is 2.72. The number of carbonyl (C=O) groups is 1. The summed E-state index contributed by atoms with van der Waals surface area (Å²) in [6, 6.07) is 4.17. The lowest BCUT2D eigenvalue weighted by Crippen LogP contribution is -2.50. The first-order valence-electron chi connectivity index (χ1n) is 8.13. The Morgan fingerprint density at radius 3 is 2.91 bits per heavy atom. The summed E-state index contributed by atoms with van der Waals surface area (Å²) >= 11 is 0. The predicted octanol–water partition coefficient (Wildman–Crippen LogP) is 3.72. The van der Waals surface area contributed by atoms with Crippen LogP contribution in [0.2, 0.25) is 0 Å². The van der Waals surface area contributed by atoms with E-state index in [9.17, 15) is 4.79 Å². The summed E-state index contributed by atoms with van der Waals surface area (Å²) in [6.45, 7) is 9.31. The van der Waals surface area contributed by atoms with Crippen LogP contribution in [0, 0.1) is 0 Å². The number of hydrogen-bond acceptors (Lipinski definition) is 4. The molecule has 1 fully saturated rings. The van der Waals surface area contributed by atoms with E-state index in [2.05, 4.69) is 12.2 Å². The van der Waals surface area contributed by atoms with Gasteiger partial charge in [0, 0.05) is 19.1 Å². The minimum Gasteiger partial charge on any atom is -0.468 e. The first-order valence-corrected chi connectivity index (χ1v) is 8.13. The third-order valence-corrected chi connectivity index (χ3v) is 3.88. The van der Waals surface area contributed by atoms with E-state index in [1.54, 1.807) is 6.26 Å². The summed E-state index contributed by atoms with van der Waals surface area (Å²) < 4.78 is 10.9. The van der Waals surface area contributed by atoms with Crippen LogP contribution < -0.4 is 5.32 Å². The second kappa shape index (κ2) is 7.18. The molecule has 0 radical (unpaired) electrons. The molecule has 124 valence electrons. The maximum Gasteiger partial charge on any atom is 0.410 e. The van der Waals surface area contributed by atoms with Gasteiger partial charge >= 0.3 is 6.09 Å². The highest BCUT2D eigenvalue weighted by atomic mass is 16.6. The lowest BCUT2D eigenvalue weighted by molar-refractivity contribution is 0.00965. The number of piperidine rings is 1. The van der Waals surface area contributed by atoms with Gasteiger partial charge in [-0.2, -0.15) is 0 Å². The first-order chi connectivity index (χ1) is 10.4. The SMILES string of the molecule is C[C@H](NC[C@@H]1CCCCN1C(=O)OC(C)(C)C)c1ccco1. The Bertz CT molecular complexity index is 465. The van der Waals surface area contributed by atoms with Gasteiger partial charge in [-0.3, -0.25) is 0 Å². The van der Waals surface area contributed by atoms with Crippen LogP contribution in [0.15, 0.2) is 22.8 Å². The van der Waals surface area contributed by atoms with Crippen LogP contribution in [0.3, 0.4) is 0 Å². The van der Waals surface area contributed by atoms with Crippen molar-refractivity contribution in [3.63, 3.8) is 0 Å². The number of ether oxygens (including phenoxy) is 1. The largest absolute Gasteiger partial charge is 0.468 e. The molecule has 2 rings (SSSR count). The molecular weight excluding hydrogens is 280 g/mol. The van der Waals surface area contributed by atoms with Crippen LogP contribution in [0.4, 0.5) is 4.79 Å². The topological polar surface area (TPSA) is 54.7 Å². The molecule has 0 unspecified atom stereocenters. The third-order valence-electron chi connectivity index (χ3n) is 3.88. The maximum absolute atomic E-state index is 12.4. The molecule has 2 atom stereocenters. The Labute approximate surface area is 133 Å². The number of amides is 1. The molecular formula is C17H28N2O3. The van der Waals surface area contributed by atoms with Crippen LogP contribution in [-0.2, 0) is 4.74 Å². The molecule has 1 amide bonds. The summed E-state index contributed by atoms with van der Waals surface area (Å²) in [5.41, 5.74) is -0.450. The van der Waals surface area contributed by atoms with Crippen molar-refractivity contribution in [2.45, 2.75) is 64.6 Å². The molecule has 1 aromatic heterocycles. The van der Waals surface area contributed by atoms with E-state index < -0.39 is 5.60 Å². The Kier molecular flexibility index (Phi) is 5.51. The minimum absolute atomic E-state index is 0.136. The fourth-order valence-corrected chi connectivity index (χ4v) is 2.72. The molecule has 1 aliphatic heterocycles. The molecule has 0 aliphatic carbocycles. The Morgan fingerprint density at radius 2 is 2.27 bits per heavy atom. The quantitative estimate of drug-likeness (QED) is 0.921. The van der Waals surface area contributed by atoms with Gasteiger partial charge < -0.3 is 19.4 Å². The average molecular weight is 308 g/mol. The molecule has 1 N–H and O–H groups in total. The lowest BCUT2D eigenvalue weighted by Gasteiger charge is -2.37. The molecule has 0 spiro atoms. The highest BCUT2D eigenvalue weighted by molar-refractivity contribution is 5.68. The minimum atomic E-state index is -0.450. The molecule has 1 saturated heterocycles. The first kappa shape index (κ1) is 16.9. The zero-order valence-corrected chi connectivity index (χ0v) is 14.1. The van der Waals surface area contributed by atoms with Crippen LogP contribution in [0.1, 0.15) is 58.8 Å². The van der Waals surface area contributed by atoms with Gasteiger partial charge in [0.2, 0.25) is 0 Å². The van der Waals surface area contributed by atoms with E-state index >= 15 is 0 Å². The molecule has 0 aromatic carbocycles. The van der Waals surface area contributed by atoms with E-state index in [0.717, 1.165) is 38.1 Å². The zero-order valence-electron chi connectivity index (χ0n) is 14.1. The monoisotopic (exact) mass is 308 g/mol. The van der Waals surface area contributed by atoms with Gasteiger partial charge in [-0.05, 0) is 59.1 Å². The normalized spacial score (nSPS) is 20.7. The van der Waals surface area contributed by atoms with Crippen molar-refractivity contribution in [1.29, 1.82) is 0 Å². The van der Waals surface area contributed by atoms with Gasteiger partial charge in [-0.25, -0.2) is 4.79 Å². The van der Waals surface area contributed by atoms with E-state index in [1.807, 2.05) is 37.8 Å². The van der Waals surface area contributed by atoms with Crippen molar-refractivity contribution in [3.05, 3.63) is 24.2 Å². The van der Waals surface area contributed by atoms with Crippen molar-refractivity contribution in [3.8, 4) is 0 Å². The van der Waals surface area contributed by atoms with E-state index in [1.165, 1.54) is 0 Å². The molecule has 1 aliphatic rings. The number of rotatable bonds is 4. The van der Waals surface area contributed by atoms with Crippen molar-refractivity contribution < 1.29 is 13.9 Å². The Hall–Kier alpha value is -1.49. The van der Waals surface area contributed by atoms with Crippen LogP contribution >= 0.6 is 0 Å². The summed E-state index contributed by atoms with van der Waals surface area (Å²) in [6.07, 6.45) is 4.69. The standard InChI is InChI=1S/C17H28N2O3/c1-13(15-9-7-11-21-15)18-12-14-8-5-6-10-19(14)16(20)22-17(2,3)4/h7,9,11,13-14,18H,5-6,8,10,12H2,1-4H3/t13-,14-/m0/s1. The molecule has 0 saturated carbocycles. The van der Waals surface area contributed by atoms with Gasteiger partial charge in [0.05, 0.1) is 12.3 Å². The van der Waals surface area contributed by atoms with Gasteiger partial charge in [-0.15, -0.1) is 0 Å². The summed E-state index contributed by atoms with van der Waals surface area (Å²) in [4.78, 5) is 14.2. The predicted molar refractivity (Wildman–Crippen MR) is 85.7 cm³/mol. The number of nitrogens with zero attached hydrogens (tertiary/aromatic N) is 1. The molecule has 2 heterocycles.